The van der Waals surface area contributed by atoms with Gasteiger partial charge in [-0.2, -0.15) is 0 Å². The third kappa shape index (κ3) is 4.10. The van der Waals surface area contributed by atoms with Crippen LogP contribution in [0.1, 0.15) is 18.9 Å². The van der Waals surface area contributed by atoms with Crippen molar-refractivity contribution in [2.75, 3.05) is 0 Å². The van der Waals surface area contributed by atoms with Crippen LogP contribution < -0.4 is 5.73 Å². The summed E-state index contributed by atoms with van der Waals surface area (Å²) in [6.45, 7) is 1.78. The van der Waals surface area contributed by atoms with Gasteiger partial charge in [0.2, 0.25) is 0 Å². The lowest BCUT2D eigenvalue weighted by Crippen LogP contribution is -2.15. The SMILES string of the molecule is CC(N)CCc1cc(F)c(F)cc1F.Cl. The van der Waals surface area contributed by atoms with Crippen LogP contribution in [0.3, 0.4) is 0 Å². The van der Waals surface area contributed by atoms with Crippen molar-refractivity contribution < 1.29 is 13.2 Å². The summed E-state index contributed by atoms with van der Waals surface area (Å²) >= 11 is 0. The van der Waals surface area contributed by atoms with E-state index in [-0.39, 0.29) is 24.0 Å². The van der Waals surface area contributed by atoms with Crippen molar-refractivity contribution in [3.63, 3.8) is 0 Å². The topological polar surface area (TPSA) is 26.0 Å². The predicted molar refractivity (Wildman–Crippen MR) is 55.5 cm³/mol. The monoisotopic (exact) mass is 239 g/mol. The van der Waals surface area contributed by atoms with E-state index >= 15 is 0 Å². The summed E-state index contributed by atoms with van der Waals surface area (Å²) in [5.74, 6) is -2.90. The van der Waals surface area contributed by atoms with Crippen LogP contribution in [0.5, 0.6) is 0 Å². The molecule has 0 spiro atoms. The Morgan fingerprint density at radius 3 is 2.20 bits per heavy atom. The maximum atomic E-state index is 13.0. The second-order valence-corrected chi connectivity index (χ2v) is 3.37. The third-order valence-electron chi connectivity index (χ3n) is 1.96. The minimum atomic E-state index is -1.16. The molecule has 1 aromatic rings. The molecule has 5 heteroatoms. The molecule has 0 heterocycles. The third-order valence-corrected chi connectivity index (χ3v) is 1.96. The summed E-state index contributed by atoms with van der Waals surface area (Å²) in [7, 11) is 0. The number of aryl methyl sites for hydroxylation is 1. The molecule has 1 rings (SSSR count). The highest BCUT2D eigenvalue weighted by Gasteiger charge is 2.09. The molecule has 15 heavy (non-hydrogen) atoms. The number of hydrogen-bond acceptors (Lipinski definition) is 1. The fourth-order valence-electron chi connectivity index (χ4n) is 1.14. The molecule has 1 unspecified atom stereocenters. The maximum absolute atomic E-state index is 13.0. The molecule has 0 bridgehead atoms. The van der Waals surface area contributed by atoms with Gasteiger partial charge in [-0.1, -0.05) is 0 Å². The van der Waals surface area contributed by atoms with Crippen molar-refractivity contribution in [3.8, 4) is 0 Å². The Bertz CT molecular complexity index is 329. The first kappa shape index (κ1) is 14.3. The Kier molecular flexibility index (Phi) is 5.68. The lowest BCUT2D eigenvalue weighted by molar-refractivity contribution is 0.488. The Morgan fingerprint density at radius 2 is 1.67 bits per heavy atom. The summed E-state index contributed by atoms with van der Waals surface area (Å²) in [5.41, 5.74) is 5.64. The van der Waals surface area contributed by atoms with Gasteiger partial charge in [0.1, 0.15) is 5.82 Å². The smallest absolute Gasteiger partial charge is 0.161 e. The van der Waals surface area contributed by atoms with E-state index in [1.54, 1.807) is 6.92 Å². The van der Waals surface area contributed by atoms with Crippen LogP contribution in [0.4, 0.5) is 13.2 Å². The fraction of sp³-hybridized carbons (Fsp3) is 0.400. The van der Waals surface area contributed by atoms with Crippen molar-refractivity contribution in [1.82, 2.24) is 0 Å². The minimum Gasteiger partial charge on any atom is -0.328 e. The molecule has 0 aliphatic heterocycles. The average Bonchev–Trinajstić information content (AvgIpc) is 2.09. The van der Waals surface area contributed by atoms with Crippen molar-refractivity contribution in [2.24, 2.45) is 5.73 Å². The van der Waals surface area contributed by atoms with E-state index in [4.69, 9.17) is 5.73 Å². The van der Waals surface area contributed by atoms with Crippen molar-refractivity contribution in [3.05, 3.63) is 35.1 Å². The van der Waals surface area contributed by atoms with E-state index in [0.29, 0.717) is 18.9 Å². The Balaban J connectivity index is 0.00000196. The first-order chi connectivity index (χ1) is 6.50. The van der Waals surface area contributed by atoms with Gasteiger partial charge in [-0.15, -0.1) is 12.4 Å². The molecular weight excluding hydrogens is 227 g/mol. The Labute approximate surface area is 92.9 Å². The van der Waals surface area contributed by atoms with Crippen molar-refractivity contribution in [1.29, 1.82) is 0 Å². The average molecular weight is 240 g/mol. The van der Waals surface area contributed by atoms with Gasteiger partial charge in [0.15, 0.2) is 11.6 Å². The number of benzene rings is 1. The molecule has 0 aliphatic rings. The lowest BCUT2D eigenvalue weighted by Gasteiger charge is -2.06. The van der Waals surface area contributed by atoms with Gasteiger partial charge in [0, 0.05) is 12.1 Å². The van der Waals surface area contributed by atoms with E-state index < -0.39 is 17.5 Å². The molecule has 0 aromatic heterocycles. The first-order valence-electron chi connectivity index (χ1n) is 4.39. The highest BCUT2D eigenvalue weighted by Crippen LogP contribution is 2.15. The maximum Gasteiger partial charge on any atom is 0.161 e. The molecule has 0 radical (unpaired) electrons. The first-order valence-corrected chi connectivity index (χ1v) is 4.39. The van der Waals surface area contributed by atoms with E-state index in [9.17, 15) is 13.2 Å². The van der Waals surface area contributed by atoms with Gasteiger partial charge in [-0.05, 0) is 31.4 Å². The number of hydrogen-bond donors (Lipinski definition) is 1. The van der Waals surface area contributed by atoms with Crippen LogP contribution in [-0.2, 0) is 6.42 Å². The Morgan fingerprint density at radius 1 is 1.13 bits per heavy atom. The van der Waals surface area contributed by atoms with Crippen LogP contribution in [0.25, 0.3) is 0 Å². The largest absolute Gasteiger partial charge is 0.328 e. The van der Waals surface area contributed by atoms with Gasteiger partial charge in [0.25, 0.3) is 0 Å². The van der Waals surface area contributed by atoms with Crippen molar-refractivity contribution in [2.45, 2.75) is 25.8 Å². The predicted octanol–water partition coefficient (Wildman–Crippen LogP) is 2.81. The molecule has 1 atom stereocenters. The second kappa shape index (κ2) is 5.98. The number of halogens is 4. The zero-order valence-electron chi connectivity index (χ0n) is 8.27. The summed E-state index contributed by atoms with van der Waals surface area (Å²) in [4.78, 5) is 0. The van der Waals surface area contributed by atoms with Crippen LogP contribution in [0, 0.1) is 17.5 Å². The number of rotatable bonds is 3. The molecule has 0 amide bonds. The molecular formula is C10H13ClF3N. The molecule has 0 saturated carbocycles. The molecule has 1 aromatic carbocycles. The normalized spacial score (nSPS) is 12.1. The lowest BCUT2D eigenvalue weighted by atomic mass is 10.1. The minimum absolute atomic E-state index is 0. The molecule has 2 N–H and O–H groups in total. The van der Waals surface area contributed by atoms with E-state index in [1.807, 2.05) is 0 Å². The van der Waals surface area contributed by atoms with E-state index in [2.05, 4.69) is 0 Å². The molecule has 0 fully saturated rings. The van der Waals surface area contributed by atoms with Crippen molar-refractivity contribution >= 4 is 12.4 Å². The van der Waals surface area contributed by atoms with Gasteiger partial charge in [-0.3, -0.25) is 0 Å². The van der Waals surface area contributed by atoms with Gasteiger partial charge in [-0.25, -0.2) is 13.2 Å². The van der Waals surface area contributed by atoms with Crippen LogP contribution >= 0.6 is 12.4 Å². The quantitative estimate of drug-likeness (QED) is 0.807. The number of nitrogens with two attached hydrogens (primary N) is 1. The Hall–Kier alpha value is -0.740. The van der Waals surface area contributed by atoms with Crippen LogP contribution in [-0.4, -0.2) is 6.04 Å². The zero-order chi connectivity index (χ0) is 10.7. The standard InChI is InChI=1S/C10H12F3N.ClH/c1-6(14)2-3-7-4-9(12)10(13)5-8(7)11;/h4-6H,2-3,14H2,1H3;1H. The molecule has 86 valence electrons. The molecule has 1 nitrogen and oxygen atoms in total. The van der Waals surface area contributed by atoms with Crippen LogP contribution in [0.2, 0.25) is 0 Å². The highest BCUT2D eigenvalue weighted by molar-refractivity contribution is 5.85. The summed E-state index contributed by atoms with van der Waals surface area (Å²) in [6.07, 6.45) is 0.864. The van der Waals surface area contributed by atoms with Gasteiger partial charge in [0.05, 0.1) is 0 Å². The highest BCUT2D eigenvalue weighted by atomic mass is 35.5. The van der Waals surface area contributed by atoms with E-state index in [1.165, 1.54) is 0 Å². The fourth-order valence-corrected chi connectivity index (χ4v) is 1.14. The second-order valence-electron chi connectivity index (χ2n) is 3.37. The zero-order valence-corrected chi connectivity index (χ0v) is 9.08. The van der Waals surface area contributed by atoms with Gasteiger partial charge >= 0.3 is 0 Å². The van der Waals surface area contributed by atoms with Crippen LogP contribution in [0.15, 0.2) is 12.1 Å². The summed E-state index contributed by atoms with van der Waals surface area (Å²) in [6, 6.07) is 1.36. The van der Waals surface area contributed by atoms with E-state index in [0.717, 1.165) is 6.07 Å². The molecule has 0 saturated heterocycles. The van der Waals surface area contributed by atoms with Gasteiger partial charge < -0.3 is 5.73 Å². The summed E-state index contributed by atoms with van der Waals surface area (Å²) in [5, 5.41) is 0. The molecule has 0 aliphatic carbocycles. The summed E-state index contributed by atoms with van der Waals surface area (Å²) < 4.78 is 38.3.